The molecule has 0 unspecified atom stereocenters. The molecule has 8 heteroatoms. The van der Waals surface area contributed by atoms with E-state index in [1.165, 1.54) is 17.4 Å². The molecule has 0 atom stereocenters. The lowest BCUT2D eigenvalue weighted by Crippen LogP contribution is -1.95. The predicted octanol–water partition coefficient (Wildman–Crippen LogP) is 3.93. The second kappa shape index (κ2) is 5.27. The van der Waals surface area contributed by atoms with Crippen molar-refractivity contribution in [1.29, 1.82) is 0 Å². The van der Waals surface area contributed by atoms with Crippen molar-refractivity contribution in [3.8, 4) is 16.5 Å². The van der Waals surface area contributed by atoms with Crippen molar-refractivity contribution in [2.24, 2.45) is 0 Å². The van der Waals surface area contributed by atoms with Gasteiger partial charge in [-0.3, -0.25) is 10.1 Å². The molecule has 2 aromatic heterocycles. The first-order valence-electron chi connectivity index (χ1n) is 5.83. The van der Waals surface area contributed by atoms with Gasteiger partial charge >= 0.3 is 0 Å². The molecule has 21 heavy (non-hydrogen) atoms. The van der Waals surface area contributed by atoms with Gasteiger partial charge in [-0.2, -0.15) is 0 Å². The third kappa shape index (κ3) is 2.41. The van der Waals surface area contributed by atoms with Crippen LogP contribution in [-0.4, -0.2) is 22.0 Å². The van der Waals surface area contributed by atoms with Crippen LogP contribution in [0.5, 0.6) is 5.75 Å². The molecule has 3 aromatic rings. The van der Waals surface area contributed by atoms with Gasteiger partial charge in [0.1, 0.15) is 16.3 Å². The van der Waals surface area contributed by atoms with Crippen LogP contribution in [0, 0.1) is 10.1 Å². The third-order valence-corrected chi connectivity index (χ3v) is 4.06. The number of rotatable bonds is 3. The molecule has 106 valence electrons. The number of ether oxygens (including phenoxy) is 1. The summed E-state index contributed by atoms with van der Waals surface area (Å²) in [5.74, 6) is 1.12. The van der Waals surface area contributed by atoms with Crippen LogP contribution >= 0.6 is 22.9 Å². The van der Waals surface area contributed by atoms with Gasteiger partial charge in [0.05, 0.1) is 22.4 Å². The summed E-state index contributed by atoms with van der Waals surface area (Å²) in [7, 11) is 1.57. The summed E-state index contributed by atoms with van der Waals surface area (Å²) >= 11 is 7.53. The van der Waals surface area contributed by atoms with Crippen molar-refractivity contribution in [2.75, 3.05) is 7.11 Å². The molecule has 0 bridgehead atoms. The first-order chi connectivity index (χ1) is 10.1. The smallest absolute Gasteiger partial charge is 0.281 e. The Kier molecular flexibility index (Phi) is 3.44. The highest BCUT2D eigenvalue weighted by atomic mass is 35.5. The molecule has 0 aliphatic carbocycles. The standard InChI is InChI=1S/C13H8ClN3O3S/c1-20-7-5-10(21-6-7)13-15-8-3-2-4-9(17(18)19)11(8)12(14)16-13/h2-6H,1H3. The average Bonchev–Trinajstić information content (AvgIpc) is 2.95. The van der Waals surface area contributed by atoms with E-state index in [0.717, 1.165) is 4.88 Å². The van der Waals surface area contributed by atoms with Gasteiger partial charge in [-0.1, -0.05) is 17.7 Å². The Balaban J connectivity index is 2.22. The summed E-state index contributed by atoms with van der Waals surface area (Å²) in [5.41, 5.74) is 0.333. The van der Waals surface area contributed by atoms with Crippen molar-refractivity contribution in [2.45, 2.75) is 0 Å². The molecule has 0 saturated carbocycles. The second-order valence-electron chi connectivity index (χ2n) is 4.12. The van der Waals surface area contributed by atoms with E-state index in [-0.39, 0.29) is 16.2 Å². The highest BCUT2D eigenvalue weighted by Crippen LogP contribution is 2.34. The first-order valence-corrected chi connectivity index (χ1v) is 7.09. The van der Waals surface area contributed by atoms with E-state index in [4.69, 9.17) is 16.3 Å². The second-order valence-corrected chi connectivity index (χ2v) is 5.39. The topological polar surface area (TPSA) is 78.2 Å². The zero-order valence-electron chi connectivity index (χ0n) is 10.7. The molecular formula is C13H8ClN3O3S. The maximum Gasteiger partial charge on any atom is 0.281 e. The largest absolute Gasteiger partial charge is 0.496 e. The van der Waals surface area contributed by atoms with Crippen molar-refractivity contribution in [3.63, 3.8) is 0 Å². The Hall–Kier alpha value is -2.25. The summed E-state index contributed by atoms with van der Waals surface area (Å²) in [5, 5.41) is 13.2. The number of hydrogen-bond donors (Lipinski definition) is 0. The molecule has 3 rings (SSSR count). The number of halogens is 1. The van der Waals surface area contributed by atoms with Crippen molar-refractivity contribution < 1.29 is 9.66 Å². The number of thiophene rings is 1. The van der Waals surface area contributed by atoms with E-state index >= 15 is 0 Å². The molecule has 0 N–H and O–H groups in total. The van der Waals surface area contributed by atoms with Crippen LogP contribution in [0.25, 0.3) is 21.6 Å². The fraction of sp³-hybridized carbons (Fsp3) is 0.0769. The minimum Gasteiger partial charge on any atom is -0.496 e. The lowest BCUT2D eigenvalue weighted by molar-refractivity contribution is -0.383. The van der Waals surface area contributed by atoms with Crippen LogP contribution in [0.15, 0.2) is 29.6 Å². The molecule has 0 spiro atoms. The molecule has 0 radical (unpaired) electrons. The minimum atomic E-state index is -0.495. The van der Waals surface area contributed by atoms with Crippen molar-refractivity contribution in [1.82, 2.24) is 9.97 Å². The zero-order chi connectivity index (χ0) is 15.0. The van der Waals surface area contributed by atoms with Gasteiger partial charge in [-0.25, -0.2) is 9.97 Å². The number of benzene rings is 1. The van der Waals surface area contributed by atoms with E-state index in [1.54, 1.807) is 25.3 Å². The number of nitrogens with zero attached hydrogens (tertiary/aromatic N) is 3. The highest BCUT2D eigenvalue weighted by molar-refractivity contribution is 7.13. The van der Waals surface area contributed by atoms with Crippen LogP contribution in [0.2, 0.25) is 5.15 Å². The van der Waals surface area contributed by atoms with Gasteiger partial charge in [0.15, 0.2) is 5.82 Å². The molecule has 0 amide bonds. The Morgan fingerprint density at radius 2 is 2.19 bits per heavy atom. The number of methoxy groups -OCH3 is 1. The number of nitro groups is 1. The maximum absolute atomic E-state index is 11.0. The lowest BCUT2D eigenvalue weighted by Gasteiger charge is -2.03. The summed E-state index contributed by atoms with van der Waals surface area (Å²) in [4.78, 5) is 19.8. The van der Waals surface area contributed by atoms with E-state index < -0.39 is 4.92 Å². The summed E-state index contributed by atoms with van der Waals surface area (Å²) < 4.78 is 5.12. The van der Waals surface area contributed by atoms with E-state index in [1.807, 2.05) is 5.38 Å². The highest BCUT2D eigenvalue weighted by Gasteiger charge is 2.18. The Bertz CT molecular complexity index is 850. The Morgan fingerprint density at radius 3 is 2.86 bits per heavy atom. The molecular weight excluding hydrogens is 314 g/mol. The van der Waals surface area contributed by atoms with E-state index in [2.05, 4.69) is 9.97 Å². The van der Waals surface area contributed by atoms with Crippen LogP contribution in [0.1, 0.15) is 0 Å². The first kappa shape index (κ1) is 13.7. The van der Waals surface area contributed by atoms with E-state index in [9.17, 15) is 10.1 Å². The number of hydrogen-bond acceptors (Lipinski definition) is 6. The summed E-state index contributed by atoms with van der Waals surface area (Å²) in [6.45, 7) is 0. The Morgan fingerprint density at radius 1 is 1.38 bits per heavy atom. The van der Waals surface area contributed by atoms with Gasteiger partial charge in [0, 0.05) is 17.5 Å². The quantitative estimate of drug-likeness (QED) is 0.415. The zero-order valence-corrected chi connectivity index (χ0v) is 12.3. The molecule has 0 fully saturated rings. The van der Waals surface area contributed by atoms with Crippen molar-refractivity contribution >= 4 is 39.5 Å². The van der Waals surface area contributed by atoms with Gasteiger partial charge in [0.25, 0.3) is 5.69 Å². The molecule has 0 aliphatic heterocycles. The molecule has 0 aliphatic rings. The van der Waals surface area contributed by atoms with Gasteiger partial charge < -0.3 is 4.74 Å². The fourth-order valence-corrected chi connectivity index (χ4v) is 2.99. The fourth-order valence-electron chi connectivity index (χ4n) is 1.93. The van der Waals surface area contributed by atoms with E-state index in [0.29, 0.717) is 17.1 Å². The molecule has 1 aromatic carbocycles. The summed E-state index contributed by atoms with van der Waals surface area (Å²) in [6, 6.07) is 6.41. The number of aromatic nitrogens is 2. The normalized spacial score (nSPS) is 10.8. The van der Waals surface area contributed by atoms with Crippen LogP contribution in [0.4, 0.5) is 5.69 Å². The summed E-state index contributed by atoms with van der Waals surface area (Å²) in [6.07, 6.45) is 0. The third-order valence-electron chi connectivity index (χ3n) is 2.89. The Labute approximate surface area is 128 Å². The average molecular weight is 322 g/mol. The molecule has 6 nitrogen and oxygen atoms in total. The van der Waals surface area contributed by atoms with Gasteiger partial charge in [-0.15, -0.1) is 11.3 Å². The van der Waals surface area contributed by atoms with Gasteiger partial charge in [-0.05, 0) is 6.07 Å². The minimum absolute atomic E-state index is 0.0645. The number of non-ortho nitro benzene ring substituents is 1. The van der Waals surface area contributed by atoms with Crippen LogP contribution in [0.3, 0.4) is 0 Å². The SMILES string of the molecule is COc1csc(-c2nc(Cl)c3c([N+](=O)[O-])cccc3n2)c1. The molecule has 2 heterocycles. The van der Waals surface area contributed by atoms with Gasteiger partial charge in [0.2, 0.25) is 0 Å². The maximum atomic E-state index is 11.0. The van der Waals surface area contributed by atoms with Crippen LogP contribution in [-0.2, 0) is 0 Å². The monoisotopic (exact) mass is 321 g/mol. The van der Waals surface area contributed by atoms with Crippen molar-refractivity contribution in [3.05, 3.63) is 44.9 Å². The van der Waals surface area contributed by atoms with Crippen LogP contribution < -0.4 is 4.74 Å². The lowest BCUT2D eigenvalue weighted by atomic mass is 10.2. The number of nitro benzene ring substituents is 1. The molecule has 0 saturated heterocycles. The number of fused-ring (bicyclic) bond motifs is 1. The predicted molar refractivity (Wildman–Crippen MR) is 81.1 cm³/mol.